The highest BCUT2D eigenvalue weighted by atomic mass is 127. The number of esters is 1. The Morgan fingerprint density at radius 3 is 2.75 bits per heavy atom. The van der Waals surface area contributed by atoms with Crippen molar-refractivity contribution in [1.29, 1.82) is 0 Å². The number of carbonyl (C=O) groups excluding carboxylic acids is 1. The van der Waals surface area contributed by atoms with E-state index in [0.29, 0.717) is 25.7 Å². The molecule has 0 saturated carbocycles. The molecule has 1 aliphatic heterocycles. The van der Waals surface area contributed by atoms with Crippen molar-refractivity contribution in [2.75, 3.05) is 46.5 Å². The van der Waals surface area contributed by atoms with Gasteiger partial charge in [-0.05, 0) is 32.1 Å². The quantitative estimate of drug-likeness (QED) is 0.200. The van der Waals surface area contributed by atoms with Crippen molar-refractivity contribution in [3.63, 3.8) is 0 Å². The molecule has 0 spiro atoms. The molecule has 0 aliphatic carbocycles. The van der Waals surface area contributed by atoms with Gasteiger partial charge in [0.15, 0.2) is 5.96 Å². The van der Waals surface area contributed by atoms with Gasteiger partial charge in [-0.3, -0.25) is 9.79 Å². The summed E-state index contributed by atoms with van der Waals surface area (Å²) >= 11 is 0. The number of hydrogen-bond donors (Lipinski definition) is 1. The van der Waals surface area contributed by atoms with E-state index in [1.807, 2.05) is 6.92 Å². The lowest BCUT2D eigenvalue weighted by molar-refractivity contribution is -0.149. The van der Waals surface area contributed by atoms with Gasteiger partial charge in [0, 0.05) is 33.3 Å². The van der Waals surface area contributed by atoms with E-state index in [0.717, 1.165) is 44.9 Å². The summed E-state index contributed by atoms with van der Waals surface area (Å²) in [5.74, 6) is 1.37. The summed E-state index contributed by atoms with van der Waals surface area (Å²) in [5.41, 5.74) is 0. The first-order valence-electron chi connectivity index (χ1n) is 8.78. The lowest BCUT2D eigenvalue weighted by Crippen LogP contribution is -2.48. The minimum atomic E-state index is -0.0929. The molecule has 142 valence electrons. The van der Waals surface area contributed by atoms with Crippen LogP contribution in [0.3, 0.4) is 0 Å². The Labute approximate surface area is 163 Å². The summed E-state index contributed by atoms with van der Waals surface area (Å²) in [6.45, 7) is 10.5. The molecule has 1 aliphatic rings. The lowest BCUT2D eigenvalue weighted by atomic mass is 9.98. The van der Waals surface area contributed by atoms with Gasteiger partial charge in [-0.15, -0.1) is 24.0 Å². The Balaban J connectivity index is 0.00000529. The van der Waals surface area contributed by atoms with Crippen molar-refractivity contribution in [3.05, 3.63) is 0 Å². The Bertz CT molecular complexity index is 378. The van der Waals surface area contributed by atoms with Crippen molar-refractivity contribution in [1.82, 2.24) is 10.2 Å². The molecule has 1 fully saturated rings. The second kappa shape index (κ2) is 13.7. The number of rotatable bonds is 8. The third kappa shape index (κ3) is 9.05. The van der Waals surface area contributed by atoms with Gasteiger partial charge < -0.3 is 19.7 Å². The van der Waals surface area contributed by atoms with Gasteiger partial charge in [0.05, 0.1) is 19.1 Å². The summed E-state index contributed by atoms with van der Waals surface area (Å²) in [7, 11) is 1.77. The summed E-state index contributed by atoms with van der Waals surface area (Å²) in [4.78, 5) is 18.4. The second-order valence-electron chi connectivity index (χ2n) is 6.31. The number of piperidine rings is 1. The van der Waals surface area contributed by atoms with Crippen molar-refractivity contribution in [3.8, 4) is 0 Å². The van der Waals surface area contributed by atoms with Gasteiger partial charge in [-0.1, -0.05) is 13.8 Å². The number of likely N-dealkylation sites (tertiary alicyclic amines) is 1. The zero-order valence-corrected chi connectivity index (χ0v) is 17.9. The fraction of sp³-hybridized carbons (Fsp3) is 0.882. The van der Waals surface area contributed by atoms with Crippen molar-refractivity contribution < 1.29 is 14.3 Å². The minimum absolute atomic E-state index is 0. The van der Waals surface area contributed by atoms with Gasteiger partial charge in [0.2, 0.25) is 0 Å². The SMILES string of the molecule is CCOC(=O)C1CCCN(C(=NC)NCCOCCC(C)C)C1.I. The number of hydrogen-bond acceptors (Lipinski definition) is 4. The van der Waals surface area contributed by atoms with E-state index in [4.69, 9.17) is 9.47 Å². The van der Waals surface area contributed by atoms with E-state index in [-0.39, 0.29) is 35.9 Å². The number of ether oxygens (including phenoxy) is 2. The Kier molecular flexibility index (Phi) is 13.4. The molecular formula is C17H34IN3O3. The predicted octanol–water partition coefficient (Wildman–Crippen LogP) is 2.52. The maximum Gasteiger partial charge on any atom is 0.310 e. The molecule has 0 bridgehead atoms. The average molecular weight is 455 g/mol. The van der Waals surface area contributed by atoms with E-state index < -0.39 is 0 Å². The van der Waals surface area contributed by atoms with Gasteiger partial charge in [-0.25, -0.2) is 0 Å². The number of nitrogens with zero attached hydrogens (tertiary/aromatic N) is 2. The van der Waals surface area contributed by atoms with Crippen LogP contribution < -0.4 is 5.32 Å². The van der Waals surface area contributed by atoms with Crippen LogP contribution in [0.5, 0.6) is 0 Å². The van der Waals surface area contributed by atoms with Gasteiger partial charge in [0.1, 0.15) is 0 Å². The second-order valence-corrected chi connectivity index (χ2v) is 6.31. The topological polar surface area (TPSA) is 63.2 Å². The molecular weight excluding hydrogens is 421 g/mol. The van der Waals surface area contributed by atoms with Crippen LogP contribution in [0.15, 0.2) is 4.99 Å². The fourth-order valence-electron chi connectivity index (χ4n) is 2.61. The van der Waals surface area contributed by atoms with E-state index in [1.54, 1.807) is 7.05 Å². The monoisotopic (exact) mass is 455 g/mol. The van der Waals surface area contributed by atoms with Gasteiger partial charge in [-0.2, -0.15) is 0 Å². The van der Waals surface area contributed by atoms with Crippen molar-refractivity contribution in [2.24, 2.45) is 16.8 Å². The number of carbonyl (C=O) groups is 1. The van der Waals surface area contributed by atoms with Crippen LogP contribution in [0, 0.1) is 11.8 Å². The molecule has 0 aromatic carbocycles. The highest BCUT2D eigenvalue weighted by molar-refractivity contribution is 14.0. The molecule has 1 rings (SSSR count). The summed E-state index contributed by atoms with van der Waals surface area (Å²) < 4.78 is 10.7. The molecule has 1 heterocycles. The molecule has 0 radical (unpaired) electrons. The zero-order valence-electron chi connectivity index (χ0n) is 15.5. The fourth-order valence-corrected chi connectivity index (χ4v) is 2.61. The number of aliphatic imine (C=N–C) groups is 1. The number of guanidine groups is 1. The molecule has 1 atom stereocenters. The van der Waals surface area contributed by atoms with Crippen LogP contribution in [0.2, 0.25) is 0 Å². The number of nitrogens with one attached hydrogen (secondary N) is 1. The zero-order chi connectivity index (χ0) is 17.1. The first-order valence-corrected chi connectivity index (χ1v) is 8.78. The molecule has 24 heavy (non-hydrogen) atoms. The van der Waals surface area contributed by atoms with Crippen LogP contribution in [0.1, 0.15) is 40.0 Å². The van der Waals surface area contributed by atoms with Gasteiger partial charge in [0.25, 0.3) is 0 Å². The van der Waals surface area contributed by atoms with E-state index in [2.05, 4.69) is 29.1 Å². The Hall–Kier alpha value is -0.570. The molecule has 1 N–H and O–H groups in total. The highest BCUT2D eigenvalue weighted by Crippen LogP contribution is 2.17. The van der Waals surface area contributed by atoms with Crippen LogP contribution in [-0.4, -0.2) is 63.3 Å². The summed E-state index contributed by atoms with van der Waals surface area (Å²) in [6.07, 6.45) is 2.96. The minimum Gasteiger partial charge on any atom is -0.466 e. The summed E-state index contributed by atoms with van der Waals surface area (Å²) in [5, 5.41) is 3.32. The standard InChI is InChI=1S/C17H33N3O3.HI/c1-5-23-16(21)15-7-6-10-20(13-15)17(18-4)19-9-12-22-11-8-14(2)3;/h14-15H,5-13H2,1-4H3,(H,18,19);1H. The van der Waals surface area contributed by atoms with Crippen LogP contribution in [-0.2, 0) is 14.3 Å². The Morgan fingerprint density at radius 2 is 2.12 bits per heavy atom. The third-order valence-corrected chi connectivity index (χ3v) is 3.92. The molecule has 0 aromatic heterocycles. The molecule has 7 heteroatoms. The van der Waals surface area contributed by atoms with Crippen LogP contribution in [0.4, 0.5) is 0 Å². The van der Waals surface area contributed by atoms with E-state index in [1.165, 1.54) is 0 Å². The van der Waals surface area contributed by atoms with E-state index in [9.17, 15) is 4.79 Å². The average Bonchev–Trinajstić information content (AvgIpc) is 2.54. The highest BCUT2D eigenvalue weighted by Gasteiger charge is 2.28. The largest absolute Gasteiger partial charge is 0.466 e. The normalized spacial score (nSPS) is 18.3. The van der Waals surface area contributed by atoms with Crippen LogP contribution >= 0.6 is 24.0 Å². The molecule has 6 nitrogen and oxygen atoms in total. The molecule has 1 saturated heterocycles. The first kappa shape index (κ1) is 23.4. The smallest absolute Gasteiger partial charge is 0.310 e. The van der Waals surface area contributed by atoms with Gasteiger partial charge >= 0.3 is 5.97 Å². The third-order valence-electron chi connectivity index (χ3n) is 3.92. The Morgan fingerprint density at radius 1 is 1.38 bits per heavy atom. The van der Waals surface area contributed by atoms with Crippen LogP contribution in [0.25, 0.3) is 0 Å². The maximum atomic E-state index is 11.9. The van der Waals surface area contributed by atoms with Crippen molar-refractivity contribution in [2.45, 2.75) is 40.0 Å². The first-order chi connectivity index (χ1) is 11.1. The molecule has 1 unspecified atom stereocenters. The lowest BCUT2D eigenvalue weighted by Gasteiger charge is -2.33. The summed E-state index contributed by atoms with van der Waals surface area (Å²) in [6, 6.07) is 0. The molecule has 0 amide bonds. The maximum absolute atomic E-state index is 11.9. The van der Waals surface area contributed by atoms with E-state index >= 15 is 0 Å². The van der Waals surface area contributed by atoms with Crippen molar-refractivity contribution >= 4 is 35.9 Å². The number of halogens is 1. The molecule has 0 aromatic rings. The predicted molar refractivity (Wildman–Crippen MR) is 108 cm³/mol.